The molecule has 0 amide bonds. The average molecular weight is 274 g/mol. The van der Waals surface area contributed by atoms with E-state index in [-0.39, 0.29) is 0 Å². The van der Waals surface area contributed by atoms with Crippen LogP contribution in [0, 0.1) is 11.8 Å². The highest BCUT2D eigenvalue weighted by Gasteiger charge is 2.33. The van der Waals surface area contributed by atoms with Gasteiger partial charge in [0, 0.05) is 5.57 Å². The molecule has 8 heteroatoms. The summed E-state index contributed by atoms with van der Waals surface area (Å²) in [6.07, 6.45) is -0.306. The van der Waals surface area contributed by atoms with E-state index in [9.17, 15) is 19.2 Å². The third kappa shape index (κ3) is 5.19. The molecule has 19 heavy (non-hydrogen) atoms. The zero-order chi connectivity index (χ0) is 15.2. The van der Waals surface area contributed by atoms with Crippen LogP contribution in [0.3, 0.4) is 0 Å². The van der Waals surface area contributed by atoms with Crippen LogP contribution in [0.4, 0.5) is 0 Å². The zero-order valence-electron chi connectivity index (χ0n) is 10.1. The smallest absolute Gasteiger partial charge is 0.332 e. The summed E-state index contributed by atoms with van der Waals surface area (Å²) >= 11 is 0. The van der Waals surface area contributed by atoms with Crippen molar-refractivity contribution in [2.45, 2.75) is 19.8 Å². The van der Waals surface area contributed by atoms with E-state index in [4.69, 9.17) is 20.4 Å². The Labute approximate surface area is 108 Å². The van der Waals surface area contributed by atoms with Gasteiger partial charge in [-0.15, -0.1) is 0 Å². The first-order chi connectivity index (χ1) is 8.70. The molecule has 0 rings (SSSR count). The zero-order valence-corrected chi connectivity index (χ0v) is 10.1. The number of hydrogen-bond donors (Lipinski definition) is 4. The molecular weight excluding hydrogens is 260 g/mol. The van der Waals surface area contributed by atoms with Crippen LogP contribution in [-0.2, 0) is 19.2 Å². The van der Waals surface area contributed by atoms with E-state index in [1.807, 2.05) is 0 Å². The van der Waals surface area contributed by atoms with E-state index in [0.717, 1.165) is 6.08 Å². The normalized spacial score (nSPS) is 14.5. The second-order valence-electron chi connectivity index (χ2n) is 3.81. The Kier molecular flexibility index (Phi) is 6.25. The van der Waals surface area contributed by atoms with Crippen molar-refractivity contribution < 1.29 is 39.6 Å². The van der Waals surface area contributed by atoms with E-state index in [1.165, 1.54) is 6.92 Å². The van der Waals surface area contributed by atoms with Crippen molar-refractivity contribution in [3.63, 3.8) is 0 Å². The Morgan fingerprint density at radius 3 is 1.79 bits per heavy atom. The molecule has 8 nitrogen and oxygen atoms in total. The first-order valence-electron chi connectivity index (χ1n) is 5.27. The van der Waals surface area contributed by atoms with Crippen molar-refractivity contribution in [3.05, 3.63) is 11.6 Å². The van der Waals surface area contributed by atoms with E-state index in [0.29, 0.717) is 0 Å². The summed E-state index contributed by atoms with van der Waals surface area (Å²) in [5, 5.41) is 35.1. The lowest BCUT2D eigenvalue weighted by Gasteiger charge is -2.17. The van der Waals surface area contributed by atoms with Crippen molar-refractivity contribution >= 4 is 23.9 Å². The van der Waals surface area contributed by atoms with E-state index >= 15 is 0 Å². The van der Waals surface area contributed by atoms with E-state index in [2.05, 4.69) is 0 Å². The fourth-order valence-electron chi connectivity index (χ4n) is 1.60. The lowest BCUT2D eigenvalue weighted by molar-refractivity contribution is -0.151. The maximum Gasteiger partial charge on any atom is 0.332 e. The molecule has 0 aromatic heterocycles. The molecule has 0 aromatic carbocycles. The predicted octanol–water partition coefficient (Wildman–Crippen LogP) is 0.284. The maximum absolute atomic E-state index is 11.0. The van der Waals surface area contributed by atoms with Gasteiger partial charge in [-0.2, -0.15) is 0 Å². The molecule has 0 aliphatic heterocycles. The number of aliphatic carboxylic acids is 4. The Hall–Kier alpha value is -2.38. The fourth-order valence-corrected chi connectivity index (χ4v) is 1.60. The molecule has 2 atom stereocenters. The summed E-state index contributed by atoms with van der Waals surface area (Å²) in [6, 6.07) is 0. The Morgan fingerprint density at radius 1 is 1.00 bits per heavy atom. The SMILES string of the molecule is CC=C(C(=O)O)C(CC(CC(=O)O)C(=O)O)C(=O)O. The summed E-state index contributed by atoms with van der Waals surface area (Å²) in [4.78, 5) is 43.2. The summed E-state index contributed by atoms with van der Waals surface area (Å²) in [5.74, 6) is -8.89. The molecule has 0 aliphatic carbocycles. The van der Waals surface area contributed by atoms with Gasteiger partial charge in [0.05, 0.1) is 18.3 Å². The van der Waals surface area contributed by atoms with Crippen molar-refractivity contribution in [2.24, 2.45) is 11.8 Å². The Morgan fingerprint density at radius 2 is 1.53 bits per heavy atom. The van der Waals surface area contributed by atoms with Crippen molar-refractivity contribution in [2.75, 3.05) is 0 Å². The number of carboxylic acid groups (broad SMARTS) is 4. The van der Waals surface area contributed by atoms with Crippen LogP contribution in [-0.4, -0.2) is 44.3 Å². The number of hydrogen-bond acceptors (Lipinski definition) is 4. The van der Waals surface area contributed by atoms with Gasteiger partial charge >= 0.3 is 23.9 Å². The molecule has 0 heterocycles. The highest BCUT2D eigenvalue weighted by atomic mass is 16.4. The second kappa shape index (κ2) is 7.14. The minimum absolute atomic E-state index is 0.468. The fraction of sp³-hybridized carbons (Fsp3) is 0.455. The first-order valence-corrected chi connectivity index (χ1v) is 5.27. The molecule has 0 spiro atoms. The molecular formula is C11H14O8. The van der Waals surface area contributed by atoms with Gasteiger partial charge in [-0.05, 0) is 13.3 Å². The monoisotopic (exact) mass is 274 g/mol. The van der Waals surface area contributed by atoms with Gasteiger partial charge in [-0.1, -0.05) is 6.08 Å². The molecule has 2 unspecified atom stereocenters. The molecule has 4 N–H and O–H groups in total. The molecule has 0 bridgehead atoms. The van der Waals surface area contributed by atoms with Crippen LogP contribution in [0.1, 0.15) is 19.8 Å². The van der Waals surface area contributed by atoms with Gasteiger partial charge in [0.25, 0.3) is 0 Å². The largest absolute Gasteiger partial charge is 0.481 e. The summed E-state index contributed by atoms with van der Waals surface area (Å²) < 4.78 is 0. The molecule has 106 valence electrons. The number of carboxylic acids is 4. The Bertz CT molecular complexity index is 422. The van der Waals surface area contributed by atoms with Crippen LogP contribution in [0.15, 0.2) is 11.6 Å². The minimum atomic E-state index is -1.57. The highest BCUT2D eigenvalue weighted by molar-refractivity contribution is 5.94. The second-order valence-corrected chi connectivity index (χ2v) is 3.81. The molecule has 0 aromatic rings. The van der Waals surface area contributed by atoms with Crippen molar-refractivity contribution in [1.29, 1.82) is 0 Å². The molecule has 0 saturated heterocycles. The summed E-state index contributed by atoms with van der Waals surface area (Å²) in [5.41, 5.74) is -0.468. The molecule has 0 saturated carbocycles. The maximum atomic E-state index is 11.0. The van der Waals surface area contributed by atoms with Crippen LogP contribution in [0.5, 0.6) is 0 Å². The van der Waals surface area contributed by atoms with Gasteiger partial charge in [0.2, 0.25) is 0 Å². The lowest BCUT2D eigenvalue weighted by Crippen LogP contribution is -2.28. The predicted molar refractivity (Wildman–Crippen MR) is 60.5 cm³/mol. The lowest BCUT2D eigenvalue weighted by atomic mass is 9.86. The van der Waals surface area contributed by atoms with Gasteiger partial charge in [0.1, 0.15) is 0 Å². The quantitative estimate of drug-likeness (QED) is 0.461. The van der Waals surface area contributed by atoms with E-state index in [1.54, 1.807) is 0 Å². The van der Waals surface area contributed by atoms with Gasteiger partial charge in [-0.3, -0.25) is 14.4 Å². The number of rotatable bonds is 8. The van der Waals surface area contributed by atoms with Crippen LogP contribution in [0.2, 0.25) is 0 Å². The molecule has 0 fully saturated rings. The van der Waals surface area contributed by atoms with Crippen LogP contribution in [0.25, 0.3) is 0 Å². The number of carbonyl (C=O) groups is 4. The molecule has 0 radical (unpaired) electrons. The summed E-state index contributed by atoms with van der Waals surface area (Å²) in [6.45, 7) is 1.31. The highest BCUT2D eigenvalue weighted by Crippen LogP contribution is 2.23. The molecule has 0 aliphatic rings. The van der Waals surface area contributed by atoms with Crippen molar-refractivity contribution in [3.8, 4) is 0 Å². The standard InChI is InChI=1S/C11H14O8/c1-2-6(10(16)17)7(11(18)19)3-5(9(14)15)4-8(12)13/h2,5,7H,3-4H2,1H3,(H,12,13)(H,14,15)(H,16,17)(H,18,19). The average Bonchev–Trinajstić information content (AvgIpc) is 2.25. The first kappa shape index (κ1) is 16.6. The third-order valence-corrected chi connectivity index (χ3v) is 2.52. The van der Waals surface area contributed by atoms with Crippen molar-refractivity contribution in [1.82, 2.24) is 0 Å². The van der Waals surface area contributed by atoms with Gasteiger partial charge < -0.3 is 20.4 Å². The van der Waals surface area contributed by atoms with Gasteiger partial charge in [-0.25, -0.2) is 4.79 Å². The Balaban J connectivity index is 5.21. The summed E-state index contributed by atoms with van der Waals surface area (Å²) in [7, 11) is 0. The van der Waals surface area contributed by atoms with Crippen LogP contribution < -0.4 is 0 Å². The minimum Gasteiger partial charge on any atom is -0.481 e. The number of allylic oxidation sites excluding steroid dienone is 1. The van der Waals surface area contributed by atoms with Crippen LogP contribution >= 0.6 is 0 Å². The topological polar surface area (TPSA) is 149 Å². The van der Waals surface area contributed by atoms with E-state index < -0.39 is 54.1 Å². The third-order valence-electron chi connectivity index (χ3n) is 2.52. The van der Waals surface area contributed by atoms with Gasteiger partial charge in [0.15, 0.2) is 0 Å².